The van der Waals surface area contributed by atoms with Gasteiger partial charge in [0.15, 0.2) is 0 Å². The summed E-state index contributed by atoms with van der Waals surface area (Å²) in [6.45, 7) is 3.52. The molecule has 0 aliphatic carbocycles. The molecule has 0 amide bonds. The van der Waals surface area contributed by atoms with E-state index in [9.17, 15) is 8.42 Å². The molecule has 0 aliphatic rings. The molecule has 0 radical (unpaired) electrons. The Hall–Kier alpha value is -2.18. The number of sulfonamides is 1. The molecule has 0 bridgehead atoms. The van der Waals surface area contributed by atoms with Crippen molar-refractivity contribution in [2.24, 2.45) is 0 Å². The van der Waals surface area contributed by atoms with Crippen molar-refractivity contribution < 1.29 is 8.42 Å². The number of rotatable bonds is 3. The van der Waals surface area contributed by atoms with Crippen LogP contribution in [-0.4, -0.2) is 18.4 Å². The molecule has 118 valence electrons. The molecule has 2 aromatic carbocycles. The lowest BCUT2D eigenvalue weighted by atomic mass is 10.2. The van der Waals surface area contributed by atoms with Crippen molar-refractivity contribution in [2.75, 3.05) is 4.72 Å². The molecule has 7 heteroatoms. The van der Waals surface area contributed by atoms with E-state index in [4.69, 9.17) is 11.6 Å². The maximum atomic E-state index is 12.6. The minimum atomic E-state index is -3.73. The van der Waals surface area contributed by atoms with Crippen LogP contribution in [0.1, 0.15) is 11.3 Å². The molecule has 0 spiro atoms. The Labute approximate surface area is 139 Å². The van der Waals surface area contributed by atoms with Crippen LogP contribution in [-0.2, 0) is 10.0 Å². The van der Waals surface area contributed by atoms with E-state index < -0.39 is 10.0 Å². The van der Waals surface area contributed by atoms with Gasteiger partial charge in [-0.05, 0) is 49.7 Å². The molecule has 23 heavy (non-hydrogen) atoms. The molecule has 1 heterocycles. The summed E-state index contributed by atoms with van der Waals surface area (Å²) < 4.78 is 27.7. The van der Waals surface area contributed by atoms with Gasteiger partial charge in [0.05, 0.1) is 27.3 Å². The fourth-order valence-corrected chi connectivity index (χ4v) is 3.80. The fraction of sp³-hybridized carbons (Fsp3) is 0.125. The van der Waals surface area contributed by atoms with Crippen LogP contribution in [0, 0.1) is 13.8 Å². The quantitative estimate of drug-likeness (QED) is 0.784. The van der Waals surface area contributed by atoms with Crippen LogP contribution in [0.5, 0.6) is 0 Å². The predicted molar refractivity (Wildman–Crippen MR) is 91.3 cm³/mol. The standard InChI is InChI=1S/C16H14ClN3O2S/c1-10-9-18-15-8-12(6-7-14(15)19-10)20-23(21,22)16-5-3-4-13(17)11(16)2/h3-9,20H,1-2H3. The second-order valence-electron chi connectivity index (χ2n) is 5.18. The Bertz CT molecular complexity index is 1000. The summed E-state index contributed by atoms with van der Waals surface area (Å²) in [7, 11) is -3.73. The van der Waals surface area contributed by atoms with Crippen molar-refractivity contribution in [1.29, 1.82) is 0 Å². The van der Waals surface area contributed by atoms with Gasteiger partial charge in [-0.25, -0.2) is 13.4 Å². The molecular formula is C16H14ClN3O2S. The number of aryl methyl sites for hydroxylation is 1. The predicted octanol–water partition coefficient (Wildman–Crippen LogP) is 3.70. The van der Waals surface area contributed by atoms with Crippen molar-refractivity contribution >= 4 is 38.3 Å². The first-order valence-corrected chi connectivity index (χ1v) is 8.74. The van der Waals surface area contributed by atoms with Crippen molar-refractivity contribution in [3.63, 3.8) is 0 Å². The number of halogens is 1. The highest BCUT2D eigenvalue weighted by Gasteiger charge is 2.18. The van der Waals surface area contributed by atoms with E-state index >= 15 is 0 Å². The van der Waals surface area contributed by atoms with Crippen molar-refractivity contribution in [3.05, 3.63) is 58.9 Å². The second-order valence-corrected chi connectivity index (χ2v) is 7.24. The number of benzene rings is 2. The number of aromatic nitrogens is 2. The van der Waals surface area contributed by atoms with Gasteiger partial charge in [-0.15, -0.1) is 0 Å². The summed E-state index contributed by atoms with van der Waals surface area (Å²) in [6, 6.07) is 9.83. The lowest BCUT2D eigenvalue weighted by molar-refractivity contribution is 0.600. The number of hydrogen-bond donors (Lipinski definition) is 1. The highest BCUT2D eigenvalue weighted by Crippen LogP contribution is 2.25. The van der Waals surface area contributed by atoms with Crippen LogP contribution in [0.4, 0.5) is 5.69 Å². The van der Waals surface area contributed by atoms with E-state index in [1.54, 1.807) is 43.5 Å². The maximum Gasteiger partial charge on any atom is 0.262 e. The normalized spacial score (nSPS) is 11.6. The van der Waals surface area contributed by atoms with Crippen LogP contribution in [0.3, 0.4) is 0 Å². The average molecular weight is 348 g/mol. The maximum absolute atomic E-state index is 12.6. The Kier molecular flexibility index (Phi) is 3.95. The van der Waals surface area contributed by atoms with Crippen molar-refractivity contribution in [3.8, 4) is 0 Å². The van der Waals surface area contributed by atoms with Crippen LogP contribution in [0.2, 0.25) is 5.02 Å². The summed E-state index contributed by atoms with van der Waals surface area (Å²) in [5, 5.41) is 0.410. The van der Waals surface area contributed by atoms with Crippen molar-refractivity contribution in [2.45, 2.75) is 18.7 Å². The van der Waals surface area contributed by atoms with Crippen LogP contribution >= 0.6 is 11.6 Å². The third-order valence-corrected chi connectivity index (χ3v) is 5.36. The minimum absolute atomic E-state index is 0.153. The summed E-state index contributed by atoms with van der Waals surface area (Å²) >= 11 is 6.01. The zero-order chi connectivity index (χ0) is 16.6. The highest BCUT2D eigenvalue weighted by molar-refractivity contribution is 7.92. The van der Waals surface area contributed by atoms with Crippen LogP contribution in [0.15, 0.2) is 47.5 Å². The largest absolute Gasteiger partial charge is 0.280 e. The Morgan fingerprint density at radius 2 is 1.87 bits per heavy atom. The molecule has 0 saturated carbocycles. The molecule has 0 fully saturated rings. The molecule has 1 aromatic heterocycles. The molecule has 0 aliphatic heterocycles. The minimum Gasteiger partial charge on any atom is -0.280 e. The number of nitrogens with zero attached hydrogens (tertiary/aromatic N) is 2. The highest BCUT2D eigenvalue weighted by atomic mass is 35.5. The van der Waals surface area contributed by atoms with Gasteiger partial charge in [0.1, 0.15) is 0 Å². The molecule has 0 atom stereocenters. The molecular weight excluding hydrogens is 334 g/mol. The van der Waals surface area contributed by atoms with Gasteiger partial charge in [0, 0.05) is 11.2 Å². The van der Waals surface area contributed by atoms with Gasteiger partial charge in [-0.1, -0.05) is 17.7 Å². The zero-order valence-corrected chi connectivity index (χ0v) is 14.1. The number of hydrogen-bond acceptors (Lipinski definition) is 4. The van der Waals surface area contributed by atoms with E-state index in [2.05, 4.69) is 14.7 Å². The monoisotopic (exact) mass is 347 g/mol. The first-order chi connectivity index (χ1) is 10.9. The lowest BCUT2D eigenvalue weighted by Crippen LogP contribution is -2.14. The Morgan fingerprint density at radius 3 is 2.65 bits per heavy atom. The van der Waals surface area contributed by atoms with Gasteiger partial charge in [0.2, 0.25) is 0 Å². The molecule has 5 nitrogen and oxygen atoms in total. The van der Waals surface area contributed by atoms with Crippen LogP contribution in [0.25, 0.3) is 11.0 Å². The third-order valence-electron chi connectivity index (χ3n) is 3.42. The lowest BCUT2D eigenvalue weighted by Gasteiger charge is -2.11. The van der Waals surface area contributed by atoms with Gasteiger partial charge in [-0.2, -0.15) is 0 Å². The molecule has 3 rings (SSSR count). The van der Waals surface area contributed by atoms with E-state index in [0.717, 1.165) is 5.69 Å². The fourth-order valence-electron chi connectivity index (χ4n) is 2.26. The topological polar surface area (TPSA) is 72.0 Å². The van der Waals surface area contributed by atoms with E-state index in [1.807, 2.05) is 6.92 Å². The average Bonchev–Trinajstić information content (AvgIpc) is 2.49. The van der Waals surface area contributed by atoms with Gasteiger partial charge in [0.25, 0.3) is 10.0 Å². The summed E-state index contributed by atoms with van der Waals surface area (Å²) in [4.78, 5) is 8.75. The first kappa shape index (κ1) is 15.7. The van der Waals surface area contributed by atoms with Crippen molar-refractivity contribution in [1.82, 2.24) is 9.97 Å². The third kappa shape index (κ3) is 3.13. The number of anilines is 1. The summed E-state index contributed by atoms with van der Waals surface area (Å²) in [5.74, 6) is 0. The number of nitrogens with one attached hydrogen (secondary N) is 1. The zero-order valence-electron chi connectivity index (χ0n) is 12.5. The van der Waals surface area contributed by atoms with Gasteiger partial charge >= 0.3 is 0 Å². The first-order valence-electron chi connectivity index (χ1n) is 6.88. The smallest absolute Gasteiger partial charge is 0.262 e. The van der Waals surface area contributed by atoms with Gasteiger partial charge in [-0.3, -0.25) is 9.71 Å². The van der Waals surface area contributed by atoms with E-state index in [0.29, 0.717) is 27.3 Å². The molecule has 0 saturated heterocycles. The second kappa shape index (κ2) is 5.79. The summed E-state index contributed by atoms with van der Waals surface area (Å²) in [6.07, 6.45) is 1.64. The van der Waals surface area contributed by atoms with E-state index in [-0.39, 0.29) is 4.90 Å². The molecule has 3 aromatic rings. The molecule has 1 N–H and O–H groups in total. The van der Waals surface area contributed by atoms with Crippen LogP contribution < -0.4 is 4.72 Å². The Morgan fingerprint density at radius 1 is 1.09 bits per heavy atom. The summed E-state index contributed by atoms with van der Waals surface area (Å²) in [5.41, 5.74) is 3.08. The number of fused-ring (bicyclic) bond motifs is 1. The van der Waals surface area contributed by atoms with E-state index in [1.165, 1.54) is 6.07 Å². The SMILES string of the molecule is Cc1cnc2cc(NS(=O)(=O)c3cccc(Cl)c3C)ccc2n1. The van der Waals surface area contributed by atoms with Gasteiger partial charge < -0.3 is 0 Å². The molecule has 0 unspecified atom stereocenters. The Balaban J connectivity index is 2.00.